The van der Waals surface area contributed by atoms with Crippen LogP contribution in [0.1, 0.15) is 44.4 Å². The molecule has 0 saturated carbocycles. The third-order valence-electron chi connectivity index (χ3n) is 4.49. The fraction of sp³-hybridized carbons (Fsp3) is 0.421. The number of nitrogens with one attached hydrogen (secondary N) is 1. The largest absolute Gasteiger partial charge is 0.310 e. The predicted octanol–water partition coefficient (Wildman–Crippen LogP) is 3.18. The molecule has 0 spiro atoms. The summed E-state index contributed by atoms with van der Waals surface area (Å²) in [7, 11) is 1.91. The Morgan fingerprint density at radius 2 is 2.00 bits per heavy atom. The zero-order valence-electron chi connectivity index (χ0n) is 15.2. The standard InChI is InChI=1S/C19H25N5O/c1-5-14(2)24-18(10-11-21-24)22-19(25)15(3)23(4)13-17-8-6-16(12-20)7-9-17/h6-11,14-15H,5,13H2,1-4H3,(H,22,25)/t14-,15-/m1/s1. The first-order valence-corrected chi connectivity index (χ1v) is 8.50. The van der Waals surface area contributed by atoms with E-state index in [0.717, 1.165) is 17.8 Å². The summed E-state index contributed by atoms with van der Waals surface area (Å²) in [4.78, 5) is 14.5. The zero-order valence-corrected chi connectivity index (χ0v) is 15.2. The minimum Gasteiger partial charge on any atom is -0.310 e. The predicted molar refractivity (Wildman–Crippen MR) is 97.9 cm³/mol. The van der Waals surface area contributed by atoms with Crippen molar-refractivity contribution in [3.05, 3.63) is 47.7 Å². The molecule has 2 atom stereocenters. The average molecular weight is 339 g/mol. The van der Waals surface area contributed by atoms with Crippen LogP contribution in [0.4, 0.5) is 5.82 Å². The summed E-state index contributed by atoms with van der Waals surface area (Å²) in [5.74, 6) is 0.652. The second-order valence-corrected chi connectivity index (χ2v) is 6.31. The maximum absolute atomic E-state index is 12.6. The molecule has 6 nitrogen and oxygen atoms in total. The Balaban J connectivity index is 1.99. The van der Waals surface area contributed by atoms with Gasteiger partial charge in [0.2, 0.25) is 5.91 Å². The van der Waals surface area contributed by atoms with E-state index in [4.69, 9.17) is 5.26 Å². The molecule has 1 aromatic heterocycles. The van der Waals surface area contributed by atoms with Crippen LogP contribution in [0.25, 0.3) is 0 Å². The van der Waals surface area contributed by atoms with Crippen LogP contribution >= 0.6 is 0 Å². The van der Waals surface area contributed by atoms with Gasteiger partial charge in [-0.15, -0.1) is 0 Å². The molecule has 1 heterocycles. The lowest BCUT2D eigenvalue weighted by atomic mass is 10.1. The van der Waals surface area contributed by atoms with Gasteiger partial charge < -0.3 is 5.32 Å². The Morgan fingerprint density at radius 1 is 1.32 bits per heavy atom. The number of hydrogen-bond acceptors (Lipinski definition) is 4. The first-order chi connectivity index (χ1) is 12.0. The van der Waals surface area contributed by atoms with Gasteiger partial charge in [0.15, 0.2) is 0 Å². The van der Waals surface area contributed by atoms with Crippen LogP contribution in [-0.4, -0.2) is 33.7 Å². The van der Waals surface area contributed by atoms with Crippen LogP contribution in [0.5, 0.6) is 0 Å². The second kappa shape index (κ2) is 8.45. The monoisotopic (exact) mass is 339 g/mol. The molecular weight excluding hydrogens is 314 g/mol. The van der Waals surface area contributed by atoms with Gasteiger partial charge in [-0.1, -0.05) is 19.1 Å². The van der Waals surface area contributed by atoms with Crippen molar-refractivity contribution < 1.29 is 4.79 Å². The number of carbonyl (C=O) groups excluding carboxylic acids is 1. The number of carbonyl (C=O) groups is 1. The molecule has 25 heavy (non-hydrogen) atoms. The first-order valence-electron chi connectivity index (χ1n) is 8.50. The minimum absolute atomic E-state index is 0.0683. The second-order valence-electron chi connectivity index (χ2n) is 6.31. The molecule has 0 aliphatic heterocycles. The molecule has 2 rings (SSSR count). The Labute approximate surface area is 149 Å². The van der Waals surface area contributed by atoms with E-state index in [1.54, 1.807) is 18.3 Å². The van der Waals surface area contributed by atoms with Crippen LogP contribution in [0.2, 0.25) is 0 Å². The summed E-state index contributed by atoms with van der Waals surface area (Å²) in [6, 6.07) is 11.3. The van der Waals surface area contributed by atoms with Gasteiger partial charge in [-0.05, 0) is 45.0 Å². The van der Waals surface area contributed by atoms with Gasteiger partial charge in [0.25, 0.3) is 0 Å². The summed E-state index contributed by atoms with van der Waals surface area (Å²) in [5, 5.41) is 16.1. The van der Waals surface area contributed by atoms with E-state index < -0.39 is 0 Å². The topological polar surface area (TPSA) is 74.0 Å². The maximum Gasteiger partial charge on any atom is 0.242 e. The number of nitriles is 1. The SMILES string of the molecule is CC[C@@H](C)n1nccc1NC(=O)[C@@H](C)N(C)Cc1ccc(C#N)cc1. The highest BCUT2D eigenvalue weighted by molar-refractivity contribution is 5.93. The van der Waals surface area contributed by atoms with Crippen LogP contribution in [0.3, 0.4) is 0 Å². The Kier molecular flexibility index (Phi) is 6.31. The number of hydrogen-bond donors (Lipinski definition) is 1. The summed E-state index contributed by atoms with van der Waals surface area (Å²) in [5.41, 5.74) is 1.70. The number of anilines is 1. The molecule has 0 fully saturated rings. The maximum atomic E-state index is 12.6. The molecule has 0 aliphatic rings. The van der Waals surface area contributed by atoms with E-state index in [1.807, 2.05) is 41.8 Å². The van der Waals surface area contributed by atoms with E-state index >= 15 is 0 Å². The molecule has 6 heteroatoms. The van der Waals surface area contributed by atoms with Gasteiger partial charge >= 0.3 is 0 Å². The molecule has 0 unspecified atom stereocenters. The van der Waals surface area contributed by atoms with E-state index in [-0.39, 0.29) is 18.0 Å². The van der Waals surface area contributed by atoms with Gasteiger partial charge in [0, 0.05) is 12.6 Å². The van der Waals surface area contributed by atoms with E-state index in [0.29, 0.717) is 12.1 Å². The van der Waals surface area contributed by atoms with Crippen LogP contribution in [0, 0.1) is 11.3 Å². The number of nitrogens with zero attached hydrogens (tertiary/aromatic N) is 4. The number of benzene rings is 1. The lowest BCUT2D eigenvalue weighted by Gasteiger charge is -2.24. The van der Waals surface area contributed by atoms with Crippen molar-refractivity contribution >= 4 is 11.7 Å². The van der Waals surface area contributed by atoms with Gasteiger partial charge in [-0.2, -0.15) is 10.4 Å². The van der Waals surface area contributed by atoms with Crippen molar-refractivity contribution in [1.82, 2.24) is 14.7 Å². The molecule has 0 aliphatic carbocycles. The van der Waals surface area contributed by atoms with Gasteiger partial charge in [-0.25, -0.2) is 4.68 Å². The highest BCUT2D eigenvalue weighted by atomic mass is 16.2. The molecule has 1 amide bonds. The van der Waals surface area contributed by atoms with Crippen molar-refractivity contribution in [1.29, 1.82) is 5.26 Å². The van der Waals surface area contributed by atoms with Gasteiger partial charge in [0.05, 0.1) is 29.9 Å². The van der Waals surface area contributed by atoms with Crippen molar-refractivity contribution in [2.45, 2.75) is 45.8 Å². The smallest absolute Gasteiger partial charge is 0.242 e. The van der Waals surface area contributed by atoms with Crippen molar-refractivity contribution in [2.24, 2.45) is 0 Å². The first kappa shape index (κ1) is 18.7. The Bertz CT molecular complexity index is 744. The highest BCUT2D eigenvalue weighted by Crippen LogP contribution is 2.17. The third kappa shape index (κ3) is 4.68. The van der Waals surface area contributed by atoms with Gasteiger partial charge in [-0.3, -0.25) is 9.69 Å². The molecular formula is C19H25N5O. The molecule has 0 bridgehead atoms. The van der Waals surface area contributed by atoms with Crippen molar-refractivity contribution in [2.75, 3.05) is 12.4 Å². The lowest BCUT2D eigenvalue weighted by Crippen LogP contribution is -2.39. The van der Waals surface area contributed by atoms with Gasteiger partial charge in [0.1, 0.15) is 5.82 Å². The summed E-state index contributed by atoms with van der Waals surface area (Å²) < 4.78 is 1.84. The number of rotatable bonds is 7. The summed E-state index contributed by atoms with van der Waals surface area (Å²) in [6.07, 6.45) is 2.64. The summed E-state index contributed by atoms with van der Waals surface area (Å²) >= 11 is 0. The van der Waals surface area contributed by atoms with Crippen LogP contribution in [0.15, 0.2) is 36.5 Å². The third-order valence-corrected chi connectivity index (χ3v) is 4.49. The number of aromatic nitrogens is 2. The Morgan fingerprint density at radius 3 is 2.60 bits per heavy atom. The van der Waals surface area contributed by atoms with Crippen LogP contribution < -0.4 is 5.32 Å². The van der Waals surface area contributed by atoms with Crippen molar-refractivity contribution in [3.63, 3.8) is 0 Å². The molecule has 0 saturated heterocycles. The van der Waals surface area contributed by atoms with Crippen molar-refractivity contribution in [3.8, 4) is 6.07 Å². The van der Waals surface area contributed by atoms with E-state index in [9.17, 15) is 4.79 Å². The summed E-state index contributed by atoms with van der Waals surface area (Å²) in [6.45, 7) is 6.67. The van der Waals surface area contributed by atoms with E-state index in [1.165, 1.54) is 0 Å². The molecule has 2 aromatic rings. The quantitative estimate of drug-likeness (QED) is 0.841. The van der Waals surface area contributed by atoms with E-state index in [2.05, 4.69) is 30.3 Å². The molecule has 1 aromatic carbocycles. The molecule has 1 N–H and O–H groups in total. The normalized spacial score (nSPS) is 13.3. The average Bonchev–Trinajstić information content (AvgIpc) is 3.08. The fourth-order valence-corrected chi connectivity index (χ4v) is 2.48. The lowest BCUT2D eigenvalue weighted by molar-refractivity contribution is -0.120. The fourth-order valence-electron chi connectivity index (χ4n) is 2.48. The highest BCUT2D eigenvalue weighted by Gasteiger charge is 2.20. The minimum atomic E-state index is -0.295. The number of likely N-dealkylation sites (N-methyl/N-ethyl adjacent to an activating group) is 1. The number of amides is 1. The zero-order chi connectivity index (χ0) is 18.4. The Hall–Kier alpha value is -2.65. The van der Waals surface area contributed by atoms with Crippen LogP contribution in [-0.2, 0) is 11.3 Å². The molecule has 132 valence electrons. The molecule has 0 radical (unpaired) electrons.